The molecule has 0 aromatic rings. The summed E-state index contributed by atoms with van der Waals surface area (Å²) >= 11 is 4.08. The number of nitrogens with one attached hydrogen (secondary N) is 1. The minimum absolute atomic E-state index is 0.0116. The highest BCUT2D eigenvalue weighted by molar-refractivity contribution is 7.81. The van der Waals surface area contributed by atoms with E-state index in [0.717, 1.165) is 13.0 Å². The Bertz CT molecular complexity index is 128. The maximum Gasteiger partial charge on any atom is 0.321 e. The van der Waals surface area contributed by atoms with Gasteiger partial charge in [-0.2, -0.15) is 12.6 Å². The zero-order chi connectivity index (χ0) is 6.85. The van der Waals surface area contributed by atoms with Crippen LogP contribution in [0.5, 0.6) is 0 Å². The van der Waals surface area contributed by atoms with Crippen LogP contribution in [0.1, 0.15) is 6.42 Å². The smallest absolute Gasteiger partial charge is 0.321 e. The Morgan fingerprint density at radius 3 is 2.67 bits per heavy atom. The summed E-state index contributed by atoms with van der Waals surface area (Å²) < 4.78 is 0. The van der Waals surface area contributed by atoms with Crippen molar-refractivity contribution in [2.45, 2.75) is 17.7 Å². The fourth-order valence-corrected chi connectivity index (χ4v) is 1.30. The van der Waals surface area contributed by atoms with Gasteiger partial charge in [0, 0.05) is 5.25 Å². The Morgan fingerprint density at radius 2 is 2.44 bits per heavy atom. The SMILES string of the molecule is O=C(O)[C@H]1NCC[C@H]1S. The summed E-state index contributed by atoms with van der Waals surface area (Å²) in [5, 5.41) is 11.3. The van der Waals surface area contributed by atoms with Crippen LogP contribution >= 0.6 is 12.6 Å². The van der Waals surface area contributed by atoms with E-state index in [1.54, 1.807) is 0 Å². The van der Waals surface area contributed by atoms with Crippen molar-refractivity contribution in [1.82, 2.24) is 5.32 Å². The van der Waals surface area contributed by atoms with E-state index in [0.29, 0.717) is 0 Å². The van der Waals surface area contributed by atoms with Crippen LogP contribution in [0, 0.1) is 0 Å². The van der Waals surface area contributed by atoms with Gasteiger partial charge in [0.15, 0.2) is 0 Å². The largest absolute Gasteiger partial charge is 0.480 e. The number of carboxylic acid groups (broad SMARTS) is 1. The highest BCUT2D eigenvalue weighted by atomic mass is 32.1. The van der Waals surface area contributed by atoms with Crippen LogP contribution in [0.15, 0.2) is 0 Å². The predicted molar refractivity (Wildman–Crippen MR) is 36.8 cm³/mol. The quantitative estimate of drug-likeness (QED) is 0.447. The molecule has 0 aromatic carbocycles. The van der Waals surface area contributed by atoms with Crippen LogP contribution in [-0.2, 0) is 4.79 Å². The van der Waals surface area contributed by atoms with Crippen molar-refractivity contribution in [2.24, 2.45) is 0 Å². The molecule has 1 saturated heterocycles. The fraction of sp³-hybridized carbons (Fsp3) is 0.800. The summed E-state index contributed by atoms with van der Waals surface area (Å²) in [6.45, 7) is 0.769. The van der Waals surface area contributed by atoms with Gasteiger partial charge in [0.1, 0.15) is 6.04 Å². The molecule has 1 aliphatic rings. The predicted octanol–water partition coefficient (Wildman–Crippen LogP) is -0.269. The third-order valence-corrected chi connectivity index (χ3v) is 2.01. The molecule has 4 heteroatoms. The lowest BCUT2D eigenvalue weighted by molar-refractivity contribution is -0.138. The molecule has 0 spiro atoms. The zero-order valence-corrected chi connectivity index (χ0v) is 5.77. The minimum atomic E-state index is -0.799. The maximum atomic E-state index is 10.3. The molecule has 2 atom stereocenters. The highest BCUT2D eigenvalue weighted by Crippen LogP contribution is 2.12. The van der Waals surface area contributed by atoms with Gasteiger partial charge in [0.25, 0.3) is 0 Å². The van der Waals surface area contributed by atoms with E-state index < -0.39 is 12.0 Å². The molecule has 0 aliphatic carbocycles. The Balaban J connectivity index is 2.49. The second kappa shape index (κ2) is 2.58. The number of aliphatic carboxylic acids is 1. The Morgan fingerprint density at radius 1 is 1.78 bits per heavy atom. The molecule has 0 unspecified atom stereocenters. The van der Waals surface area contributed by atoms with Gasteiger partial charge in [0.05, 0.1) is 0 Å². The van der Waals surface area contributed by atoms with Gasteiger partial charge in [-0.05, 0) is 13.0 Å². The molecule has 1 fully saturated rings. The highest BCUT2D eigenvalue weighted by Gasteiger charge is 2.29. The van der Waals surface area contributed by atoms with Gasteiger partial charge in [0.2, 0.25) is 0 Å². The van der Waals surface area contributed by atoms with Gasteiger partial charge in [-0.3, -0.25) is 4.79 Å². The van der Waals surface area contributed by atoms with Crippen molar-refractivity contribution < 1.29 is 9.90 Å². The Hall–Kier alpha value is -0.220. The Kier molecular flexibility index (Phi) is 1.97. The lowest BCUT2D eigenvalue weighted by Crippen LogP contribution is -2.35. The Labute approximate surface area is 58.9 Å². The summed E-state index contributed by atoms with van der Waals surface area (Å²) in [4.78, 5) is 10.3. The summed E-state index contributed by atoms with van der Waals surface area (Å²) in [6.07, 6.45) is 0.847. The molecule has 1 heterocycles. The van der Waals surface area contributed by atoms with Crippen LogP contribution in [0.3, 0.4) is 0 Å². The van der Waals surface area contributed by atoms with Crippen LogP contribution in [0.25, 0.3) is 0 Å². The summed E-state index contributed by atoms with van der Waals surface area (Å²) in [7, 11) is 0. The minimum Gasteiger partial charge on any atom is -0.480 e. The van der Waals surface area contributed by atoms with E-state index in [2.05, 4.69) is 17.9 Å². The molecule has 2 N–H and O–H groups in total. The first-order chi connectivity index (χ1) is 4.22. The van der Waals surface area contributed by atoms with Gasteiger partial charge in [-0.25, -0.2) is 0 Å². The molecule has 9 heavy (non-hydrogen) atoms. The van der Waals surface area contributed by atoms with Gasteiger partial charge in [-0.15, -0.1) is 0 Å². The number of rotatable bonds is 1. The number of hydrogen-bond acceptors (Lipinski definition) is 3. The molecule has 0 amide bonds. The average molecular weight is 147 g/mol. The molecule has 1 rings (SSSR count). The molecule has 52 valence electrons. The van der Waals surface area contributed by atoms with Gasteiger partial charge < -0.3 is 10.4 Å². The molecule has 0 bridgehead atoms. The summed E-state index contributed by atoms with van der Waals surface area (Å²) in [5.74, 6) is -0.799. The normalized spacial score (nSPS) is 34.8. The van der Waals surface area contributed by atoms with Crippen molar-refractivity contribution in [3.63, 3.8) is 0 Å². The van der Waals surface area contributed by atoms with Crippen LogP contribution in [-0.4, -0.2) is 28.9 Å². The molecule has 0 saturated carbocycles. The number of carbonyl (C=O) groups is 1. The first-order valence-corrected chi connectivity index (χ1v) is 3.37. The third-order valence-electron chi connectivity index (χ3n) is 1.46. The third kappa shape index (κ3) is 1.37. The second-order valence-corrected chi connectivity index (χ2v) is 2.79. The molecule has 0 aromatic heterocycles. The maximum absolute atomic E-state index is 10.3. The number of hydrogen-bond donors (Lipinski definition) is 3. The van der Waals surface area contributed by atoms with Crippen molar-refractivity contribution >= 4 is 18.6 Å². The van der Waals surface area contributed by atoms with E-state index in [1.165, 1.54) is 0 Å². The van der Waals surface area contributed by atoms with E-state index in [4.69, 9.17) is 5.11 Å². The van der Waals surface area contributed by atoms with Crippen molar-refractivity contribution in [2.75, 3.05) is 6.54 Å². The first kappa shape index (κ1) is 6.89. The number of carboxylic acids is 1. The van der Waals surface area contributed by atoms with Crippen LogP contribution < -0.4 is 5.32 Å². The van der Waals surface area contributed by atoms with Gasteiger partial charge >= 0.3 is 5.97 Å². The van der Waals surface area contributed by atoms with E-state index in [-0.39, 0.29) is 5.25 Å². The number of thiol groups is 1. The van der Waals surface area contributed by atoms with Gasteiger partial charge in [-0.1, -0.05) is 0 Å². The lowest BCUT2D eigenvalue weighted by atomic mass is 10.2. The van der Waals surface area contributed by atoms with E-state index >= 15 is 0 Å². The summed E-state index contributed by atoms with van der Waals surface area (Å²) in [6, 6.07) is -0.437. The first-order valence-electron chi connectivity index (χ1n) is 2.86. The van der Waals surface area contributed by atoms with Crippen LogP contribution in [0.4, 0.5) is 0 Å². The molecule has 0 radical (unpaired) electrons. The molecular weight excluding hydrogens is 138 g/mol. The zero-order valence-electron chi connectivity index (χ0n) is 4.87. The van der Waals surface area contributed by atoms with Crippen molar-refractivity contribution in [3.05, 3.63) is 0 Å². The average Bonchev–Trinajstić information content (AvgIpc) is 2.13. The molecular formula is C5H9NO2S. The monoisotopic (exact) mass is 147 g/mol. The lowest BCUT2D eigenvalue weighted by Gasteiger charge is -2.07. The molecule has 3 nitrogen and oxygen atoms in total. The van der Waals surface area contributed by atoms with Crippen LogP contribution in [0.2, 0.25) is 0 Å². The standard InChI is InChI=1S/C5H9NO2S/c7-5(8)4-3(9)1-2-6-4/h3-4,6,9H,1-2H2,(H,7,8)/t3-,4+/m1/s1. The fourth-order valence-electron chi connectivity index (χ4n) is 0.941. The van der Waals surface area contributed by atoms with Crippen molar-refractivity contribution in [1.29, 1.82) is 0 Å². The topological polar surface area (TPSA) is 49.3 Å². The molecule has 1 aliphatic heterocycles. The summed E-state index contributed by atoms with van der Waals surface area (Å²) in [5.41, 5.74) is 0. The van der Waals surface area contributed by atoms with E-state index in [9.17, 15) is 4.79 Å². The second-order valence-electron chi connectivity index (χ2n) is 2.13. The van der Waals surface area contributed by atoms with E-state index in [1.807, 2.05) is 0 Å². The van der Waals surface area contributed by atoms with Crippen molar-refractivity contribution in [3.8, 4) is 0 Å².